The van der Waals surface area contributed by atoms with E-state index in [0.29, 0.717) is 27.4 Å². The molecule has 3 aromatic carbocycles. The number of hydrogen-bond acceptors (Lipinski definition) is 5. The Bertz CT molecular complexity index is 1390. The number of benzene rings is 3. The highest BCUT2D eigenvalue weighted by Crippen LogP contribution is 2.34. The van der Waals surface area contributed by atoms with E-state index in [9.17, 15) is 14.4 Å². The van der Waals surface area contributed by atoms with Gasteiger partial charge in [0.1, 0.15) is 11.4 Å². The zero-order valence-electron chi connectivity index (χ0n) is 18.0. The van der Waals surface area contributed by atoms with Crippen LogP contribution in [0.1, 0.15) is 31.2 Å². The lowest BCUT2D eigenvalue weighted by Crippen LogP contribution is -2.32. The summed E-state index contributed by atoms with van der Waals surface area (Å²) in [5, 5.41) is 3.04. The smallest absolute Gasteiger partial charge is 0.259 e. The normalized spacial score (nSPS) is 12.5. The number of rotatable bonds is 6. The predicted octanol–water partition coefficient (Wildman–Crippen LogP) is 5.11. The highest BCUT2D eigenvalue weighted by molar-refractivity contribution is 7.18. The average Bonchev–Trinajstić information content (AvgIpc) is 3.40. The summed E-state index contributed by atoms with van der Waals surface area (Å²) < 4.78 is 0. The monoisotopic (exact) mass is 465 g/mol. The van der Waals surface area contributed by atoms with Crippen LogP contribution < -0.4 is 5.32 Å². The number of nitrogens with zero attached hydrogens (tertiary/aromatic N) is 2. The van der Waals surface area contributed by atoms with Gasteiger partial charge in [0.25, 0.3) is 5.91 Å². The largest absolute Gasteiger partial charge is 0.300 e. The molecule has 4 aromatic rings. The zero-order valence-corrected chi connectivity index (χ0v) is 18.8. The first kappa shape index (κ1) is 21.5. The zero-order chi connectivity index (χ0) is 23.7. The molecule has 2 heterocycles. The third kappa shape index (κ3) is 3.93. The molecule has 0 aliphatic carbocycles. The molecule has 0 saturated carbocycles. The second-order valence-electron chi connectivity index (χ2n) is 7.69. The minimum absolute atomic E-state index is 0.170. The number of aromatic nitrogens is 1. The molecule has 0 fully saturated rings. The predicted molar refractivity (Wildman–Crippen MR) is 133 cm³/mol. The first-order valence-corrected chi connectivity index (χ1v) is 11.4. The van der Waals surface area contributed by atoms with Gasteiger partial charge in [-0.1, -0.05) is 96.8 Å². The van der Waals surface area contributed by atoms with Crippen LogP contribution in [0.5, 0.6) is 0 Å². The molecule has 1 aliphatic heterocycles. The third-order valence-corrected chi connectivity index (χ3v) is 6.47. The number of carbonyl (C=O) groups excluding carboxylic acids is 3. The summed E-state index contributed by atoms with van der Waals surface area (Å²) in [7, 11) is 0. The quantitative estimate of drug-likeness (QED) is 0.402. The fourth-order valence-corrected chi connectivity index (χ4v) is 4.81. The van der Waals surface area contributed by atoms with E-state index >= 15 is 0 Å². The summed E-state index contributed by atoms with van der Waals surface area (Å²) in [6, 6.07) is 25.4. The molecule has 6 nitrogen and oxygen atoms in total. The van der Waals surface area contributed by atoms with Gasteiger partial charge in [-0.3, -0.25) is 19.3 Å². The molecule has 0 unspecified atom stereocenters. The van der Waals surface area contributed by atoms with Crippen molar-refractivity contribution in [2.45, 2.75) is 0 Å². The van der Waals surface area contributed by atoms with Crippen molar-refractivity contribution >= 4 is 39.8 Å². The third-order valence-electron chi connectivity index (χ3n) is 5.50. The van der Waals surface area contributed by atoms with E-state index in [-0.39, 0.29) is 23.4 Å². The van der Waals surface area contributed by atoms with Crippen LogP contribution in [0.4, 0.5) is 5.13 Å². The maximum Gasteiger partial charge on any atom is 0.259 e. The van der Waals surface area contributed by atoms with E-state index in [1.807, 2.05) is 48.5 Å². The standard InChI is InChI=1S/C27H19N3O3S/c1-17-20-14-8-9-15-21(20)26(33)30(17)16-22(31)28-27-29-23(18-10-4-2-5-11-18)25(34-27)24(32)19-12-6-3-7-13-19/h2-15H,1,16H2,(H,28,29,31). The van der Waals surface area contributed by atoms with Gasteiger partial charge in [0.2, 0.25) is 11.7 Å². The van der Waals surface area contributed by atoms with E-state index in [1.165, 1.54) is 4.90 Å². The maximum absolute atomic E-state index is 13.2. The average molecular weight is 466 g/mol. The van der Waals surface area contributed by atoms with Gasteiger partial charge >= 0.3 is 0 Å². The van der Waals surface area contributed by atoms with Gasteiger partial charge in [-0.05, 0) is 6.07 Å². The summed E-state index contributed by atoms with van der Waals surface area (Å²) in [6.45, 7) is 3.77. The summed E-state index contributed by atoms with van der Waals surface area (Å²) in [5.41, 5.74) is 3.55. The van der Waals surface area contributed by atoms with Crippen LogP contribution in [0.2, 0.25) is 0 Å². The minimum atomic E-state index is -0.422. The van der Waals surface area contributed by atoms with Gasteiger partial charge in [-0.15, -0.1) is 0 Å². The van der Waals surface area contributed by atoms with Crippen LogP contribution >= 0.6 is 11.3 Å². The van der Waals surface area contributed by atoms with E-state index in [4.69, 9.17) is 0 Å². The topological polar surface area (TPSA) is 79.4 Å². The van der Waals surface area contributed by atoms with Gasteiger partial charge in [-0.25, -0.2) is 4.98 Å². The van der Waals surface area contributed by atoms with Gasteiger partial charge in [-0.2, -0.15) is 0 Å². The van der Waals surface area contributed by atoms with Crippen molar-refractivity contribution in [1.82, 2.24) is 9.88 Å². The van der Waals surface area contributed by atoms with E-state index < -0.39 is 5.91 Å². The Hall–Kier alpha value is -4.36. The van der Waals surface area contributed by atoms with Gasteiger partial charge in [0.15, 0.2) is 5.13 Å². The molecule has 0 bridgehead atoms. The van der Waals surface area contributed by atoms with Gasteiger partial charge in [0, 0.05) is 28.0 Å². The first-order chi connectivity index (χ1) is 16.5. The highest BCUT2D eigenvalue weighted by Gasteiger charge is 2.32. The Labute approximate surface area is 200 Å². The second-order valence-corrected chi connectivity index (χ2v) is 8.69. The Morgan fingerprint density at radius 1 is 0.882 bits per heavy atom. The van der Waals surface area contributed by atoms with E-state index in [0.717, 1.165) is 22.5 Å². The SMILES string of the molecule is C=C1c2ccccc2C(=O)N1CC(=O)Nc1nc(-c2ccccc2)c(C(=O)c2ccccc2)s1. The molecule has 1 aliphatic rings. The number of nitrogens with one attached hydrogen (secondary N) is 1. The molecular formula is C27H19N3O3S. The molecule has 0 radical (unpaired) electrons. The molecule has 0 spiro atoms. The minimum Gasteiger partial charge on any atom is -0.300 e. The van der Waals surface area contributed by atoms with Crippen LogP contribution in [-0.4, -0.2) is 34.0 Å². The van der Waals surface area contributed by atoms with Crippen molar-refractivity contribution < 1.29 is 14.4 Å². The summed E-state index contributed by atoms with van der Waals surface area (Å²) in [5.74, 6) is -0.856. The number of thiazole rings is 1. The molecule has 7 heteroatoms. The number of anilines is 1. The van der Waals surface area contributed by atoms with E-state index in [2.05, 4.69) is 16.9 Å². The summed E-state index contributed by atoms with van der Waals surface area (Å²) in [4.78, 5) is 45.1. The van der Waals surface area contributed by atoms with Gasteiger partial charge < -0.3 is 5.32 Å². The number of carbonyl (C=O) groups is 3. The fourth-order valence-electron chi connectivity index (χ4n) is 3.84. The van der Waals surface area contributed by atoms with Crippen LogP contribution in [0.15, 0.2) is 91.5 Å². The molecule has 0 atom stereocenters. The molecule has 2 amide bonds. The lowest BCUT2D eigenvalue weighted by molar-refractivity contribution is -0.116. The van der Waals surface area contributed by atoms with Crippen molar-refractivity contribution in [2.75, 3.05) is 11.9 Å². The molecule has 166 valence electrons. The van der Waals surface area contributed by atoms with E-state index in [1.54, 1.807) is 36.4 Å². The summed E-state index contributed by atoms with van der Waals surface area (Å²) in [6.07, 6.45) is 0. The van der Waals surface area contributed by atoms with Crippen molar-refractivity contribution in [3.05, 3.63) is 113 Å². The molecule has 1 N–H and O–H groups in total. The fraction of sp³-hybridized carbons (Fsp3) is 0.0370. The summed E-state index contributed by atoms with van der Waals surface area (Å²) >= 11 is 1.11. The second kappa shape index (κ2) is 8.88. The Balaban J connectivity index is 1.41. The van der Waals surface area contributed by atoms with Crippen molar-refractivity contribution in [2.24, 2.45) is 0 Å². The Morgan fingerprint density at radius 2 is 1.50 bits per heavy atom. The maximum atomic E-state index is 13.2. The number of ketones is 1. The Morgan fingerprint density at radius 3 is 2.18 bits per heavy atom. The van der Waals surface area contributed by atoms with Crippen LogP contribution in [0.3, 0.4) is 0 Å². The van der Waals surface area contributed by atoms with Crippen LogP contribution in [0.25, 0.3) is 17.0 Å². The molecule has 5 rings (SSSR count). The lowest BCUT2D eigenvalue weighted by atomic mass is 10.1. The van der Waals surface area contributed by atoms with Crippen molar-refractivity contribution in [3.8, 4) is 11.3 Å². The number of fused-ring (bicyclic) bond motifs is 1. The molecular weight excluding hydrogens is 446 g/mol. The highest BCUT2D eigenvalue weighted by atomic mass is 32.1. The van der Waals surface area contributed by atoms with Crippen molar-refractivity contribution in [3.63, 3.8) is 0 Å². The first-order valence-electron chi connectivity index (χ1n) is 10.6. The lowest BCUT2D eigenvalue weighted by Gasteiger charge is -2.16. The van der Waals surface area contributed by atoms with Gasteiger partial charge in [0.05, 0.1) is 5.69 Å². The van der Waals surface area contributed by atoms with Crippen molar-refractivity contribution in [1.29, 1.82) is 0 Å². The van der Waals surface area contributed by atoms with Crippen LogP contribution in [-0.2, 0) is 4.79 Å². The molecule has 0 saturated heterocycles. The molecule has 1 aromatic heterocycles. The Kier molecular flexibility index (Phi) is 5.61. The molecule has 34 heavy (non-hydrogen) atoms. The number of amides is 2. The number of hydrogen-bond donors (Lipinski definition) is 1. The van der Waals surface area contributed by atoms with Crippen LogP contribution in [0, 0.1) is 0 Å².